The van der Waals surface area contributed by atoms with E-state index in [-0.39, 0.29) is 81.7 Å². The topological polar surface area (TPSA) is 396 Å². The smallest absolute Gasteiger partial charge is 0.319 e. The molecule has 27 heteroatoms. The van der Waals surface area contributed by atoms with Crippen LogP contribution in [0.5, 0.6) is 0 Å². The molecule has 7 aliphatic carbocycles. The van der Waals surface area contributed by atoms with E-state index in [2.05, 4.69) is 59.6 Å². The van der Waals surface area contributed by atoms with Crippen molar-refractivity contribution in [2.45, 2.75) is 182 Å². The van der Waals surface area contributed by atoms with Gasteiger partial charge in [0, 0.05) is 151 Å². The number of aromatic nitrogens is 13. The Morgan fingerprint density at radius 3 is 1.02 bits per heavy atom. The van der Waals surface area contributed by atoms with E-state index < -0.39 is 16.9 Å². The highest BCUT2D eigenvalue weighted by Gasteiger charge is 2.63. The highest BCUT2D eigenvalue weighted by Crippen LogP contribution is 2.61. The number of carbonyl (C=O) groups excluding carboxylic acids is 6. The van der Waals surface area contributed by atoms with E-state index in [0.29, 0.717) is 75.9 Å². The van der Waals surface area contributed by atoms with Crippen molar-refractivity contribution >= 4 is 75.0 Å². The molecule has 10 N–H and O–H groups in total. The van der Waals surface area contributed by atoms with Gasteiger partial charge in [-0.25, -0.2) is 29.9 Å². The second-order valence-electron chi connectivity index (χ2n) is 36.0. The van der Waals surface area contributed by atoms with Gasteiger partial charge in [-0.1, -0.05) is 97.1 Å². The first-order valence-electron chi connectivity index (χ1n) is 43.1. The zero-order chi connectivity index (χ0) is 87.1. The van der Waals surface area contributed by atoms with Crippen LogP contribution in [-0.4, -0.2) is 126 Å². The second-order valence-corrected chi connectivity index (χ2v) is 36.0. The number of hydrogen-bond acceptors (Lipinski definition) is 20. The first kappa shape index (κ1) is 81.3. The zero-order valence-electron chi connectivity index (χ0n) is 70.3. The average Bonchev–Trinajstić information content (AvgIpc) is 1.57. The van der Waals surface area contributed by atoms with Crippen LogP contribution in [0.4, 0.5) is 17.5 Å². The summed E-state index contributed by atoms with van der Waals surface area (Å²) in [5, 5.41) is 19.5. The summed E-state index contributed by atoms with van der Waals surface area (Å²) >= 11 is 0. The number of carboxylic acid groups (broad SMARTS) is 1. The van der Waals surface area contributed by atoms with Crippen LogP contribution in [0.15, 0.2) is 220 Å². The quantitative estimate of drug-likeness (QED) is 0.0245. The van der Waals surface area contributed by atoms with E-state index in [9.17, 15) is 38.7 Å². The molecule has 0 aliphatic heterocycles. The van der Waals surface area contributed by atoms with E-state index in [1.165, 1.54) is 0 Å². The maximum Gasteiger partial charge on any atom is 0.319 e. The number of aliphatic carboxylic acids is 1. The molecule has 7 fully saturated rings. The van der Waals surface area contributed by atoms with Crippen LogP contribution in [0.2, 0.25) is 0 Å². The van der Waals surface area contributed by atoms with Crippen molar-refractivity contribution in [1.29, 1.82) is 0 Å². The van der Waals surface area contributed by atoms with Gasteiger partial charge in [0.1, 0.15) is 79.7 Å². The fraction of sp³-hybridized carbons (Fsp3) is 0.303. The molecule has 0 atom stereocenters. The Hall–Kier alpha value is -14.4. The fourth-order valence-electron chi connectivity index (χ4n) is 21.0. The van der Waals surface area contributed by atoms with E-state index in [4.69, 9.17) is 32.2 Å². The Kier molecular flexibility index (Phi) is 20.5. The number of carbonyl (C=O) groups is 7. The monoisotopic (exact) mass is 1680 g/mol. The minimum Gasteiger partial charge on any atom is -0.480 e. The molecule has 14 aromatic rings. The van der Waals surface area contributed by atoms with Crippen molar-refractivity contribution in [1.82, 2.24) is 79.0 Å². The number of Topliss-reactive ketones (excluding diaryl/α,β-unsaturated/α-hetero) is 3. The van der Waals surface area contributed by atoms with Crippen molar-refractivity contribution in [3.8, 4) is 33.8 Å². The number of nitrogen functional groups attached to an aromatic ring is 3. The van der Waals surface area contributed by atoms with Crippen LogP contribution in [0.25, 0.3) is 50.3 Å². The Morgan fingerprint density at radius 2 is 0.698 bits per heavy atom. The zero-order valence-corrected chi connectivity index (χ0v) is 70.3. The number of imidazole rings is 3. The third-order valence-electron chi connectivity index (χ3n) is 27.7. The molecule has 0 saturated heterocycles. The summed E-state index contributed by atoms with van der Waals surface area (Å²) in [6.45, 7) is 5.96. The normalized spacial score (nSPS) is 21.9. The summed E-state index contributed by atoms with van der Waals surface area (Å²) in [6.07, 6.45) is 31.9. The minimum absolute atomic E-state index is 0.0103. The van der Waals surface area contributed by atoms with Gasteiger partial charge in [-0.05, 0) is 207 Å². The van der Waals surface area contributed by atoms with Gasteiger partial charge in [-0.15, -0.1) is 0 Å². The molecular formula is C99H95N19O8. The molecule has 634 valence electrons. The Morgan fingerprint density at radius 1 is 0.357 bits per heavy atom. The molecule has 7 saturated carbocycles. The average molecular weight is 1680 g/mol. The first-order chi connectivity index (χ1) is 60.8. The Labute approximate surface area is 726 Å². The lowest BCUT2D eigenvalue weighted by Gasteiger charge is -2.29. The largest absolute Gasteiger partial charge is 0.480 e. The number of hydrogen-bond donors (Lipinski definition) is 7. The van der Waals surface area contributed by atoms with Gasteiger partial charge in [-0.2, -0.15) is 0 Å². The SMILES string of the molecule is Cc1ccnc(CC(=O)c2ccc(-c3nc(C45CCC(NC(=O)C6(C(=O)O)CC6)(CC4)C5)n4ccnc(N)c34)cc2)c1.Cc1ccnc(CC(=O)c2ccc(-c3nc(C45CCC(NC(=O)c6ccccc6)(CC4)C5)n4ccnc(N)c34)cc2)c1.Cc1ccnc(CC(=O)c2ccc(-c3nc(C45CCC(NC(=O)c6ccccn6)(CC4)C5)n4ccnc(N)c34)cc2)c1. The summed E-state index contributed by atoms with van der Waals surface area (Å²) in [4.78, 5) is 136. The van der Waals surface area contributed by atoms with Crippen molar-refractivity contribution < 1.29 is 38.7 Å². The van der Waals surface area contributed by atoms with Crippen molar-refractivity contribution in [2.75, 3.05) is 17.2 Å². The summed E-state index contributed by atoms with van der Waals surface area (Å²) in [5.74, 6) is 2.41. The predicted octanol–water partition coefficient (Wildman–Crippen LogP) is 14.4. The molecule has 7 aliphatic rings. The first-order valence-corrected chi connectivity index (χ1v) is 43.1. The minimum atomic E-state index is -1.26. The van der Waals surface area contributed by atoms with Gasteiger partial charge in [0.2, 0.25) is 5.91 Å². The number of anilines is 3. The number of rotatable bonds is 22. The van der Waals surface area contributed by atoms with Crippen LogP contribution < -0.4 is 33.2 Å². The van der Waals surface area contributed by atoms with E-state index in [1.807, 2.05) is 189 Å². The van der Waals surface area contributed by atoms with Crippen molar-refractivity contribution in [3.63, 3.8) is 0 Å². The van der Waals surface area contributed by atoms with Crippen molar-refractivity contribution in [2.24, 2.45) is 5.41 Å². The number of aryl methyl sites for hydroxylation is 3. The molecule has 0 radical (unpaired) electrons. The number of nitrogens with zero attached hydrogens (tertiary/aromatic N) is 13. The van der Waals surface area contributed by atoms with Gasteiger partial charge >= 0.3 is 5.97 Å². The van der Waals surface area contributed by atoms with Gasteiger partial charge in [0.15, 0.2) is 17.3 Å². The van der Waals surface area contributed by atoms with Crippen LogP contribution in [0.3, 0.4) is 0 Å². The molecule has 3 amide bonds. The lowest BCUT2D eigenvalue weighted by atomic mass is 9.83. The van der Waals surface area contributed by atoms with E-state index in [1.54, 1.807) is 55.5 Å². The Bertz CT molecular complexity index is 6400. The lowest BCUT2D eigenvalue weighted by Crippen LogP contribution is -2.49. The van der Waals surface area contributed by atoms with Crippen LogP contribution in [-0.2, 0) is 45.1 Å². The summed E-state index contributed by atoms with van der Waals surface area (Å²) in [7, 11) is 0. The third kappa shape index (κ3) is 15.0. The van der Waals surface area contributed by atoms with Crippen LogP contribution in [0.1, 0.15) is 212 Å². The molecular weight excluding hydrogens is 1580 g/mol. The molecule has 6 bridgehead atoms. The third-order valence-corrected chi connectivity index (χ3v) is 27.7. The van der Waals surface area contributed by atoms with Crippen molar-refractivity contribution in [3.05, 3.63) is 299 Å². The van der Waals surface area contributed by atoms with E-state index >= 15 is 0 Å². The number of carboxylic acids is 1. The number of ketones is 3. The fourth-order valence-corrected chi connectivity index (χ4v) is 21.0. The highest BCUT2D eigenvalue weighted by atomic mass is 16.4. The summed E-state index contributed by atoms with van der Waals surface area (Å²) in [6, 6.07) is 48.8. The van der Waals surface area contributed by atoms with Gasteiger partial charge in [0.05, 0.1) is 19.3 Å². The molecule has 27 nitrogen and oxygen atoms in total. The lowest BCUT2D eigenvalue weighted by molar-refractivity contribution is -0.149. The van der Waals surface area contributed by atoms with E-state index in [0.717, 1.165) is 180 Å². The Balaban J connectivity index is 0.000000123. The molecule has 10 heterocycles. The molecule has 126 heavy (non-hydrogen) atoms. The van der Waals surface area contributed by atoms with Gasteiger partial charge in [-0.3, -0.25) is 66.7 Å². The maximum absolute atomic E-state index is 13.1. The van der Waals surface area contributed by atoms with Crippen LogP contribution >= 0.6 is 0 Å². The number of nitrogens with two attached hydrogens (primary N) is 3. The predicted molar refractivity (Wildman–Crippen MR) is 475 cm³/mol. The molecule has 0 spiro atoms. The maximum atomic E-state index is 13.1. The van der Waals surface area contributed by atoms with Gasteiger partial charge in [0.25, 0.3) is 11.8 Å². The molecule has 0 unspecified atom stereocenters. The summed E-state index contributed by atoms with van der Waals surface area (Å²) < 4.78 is 6.17. The van der Waals surface area contributed by atoms with Gasteiger partial charge < -0.3 is 38.3 Å². The number of benzene rings is 4. The molecule has 4 aromatic carbocycles. The summed E-state index contributed by atoms with van der Waals surface area (Å²) in [5.41, 5.74) is 31.8. The standard InChI is InChI=1S/C34H32N6O2.C33H31N7O2.C32H32N6O4/c1-22-11-16-36-26(19-22)20-27(41)23-7-9-24(10-8-23)28-29-30(35)37-17-18-40(29)32(38-28)33-12-14-34(21-33,15-13-33)39-31(42)25-5-3-2-4-6-25;1-21-9-15-35-24(18-21)19-26(41)22-5-7-23(8-6-22)27-28-29(34)37-16-17-40(28)31(38-27)32-10-12-33(20-32,13-11-32)39-30(42)25-4-2-3-14-36-25;1-19-6-13-34-22(16-19)17-23(39)20-2-4-21(5-3-20)24-25-26(33)35-14-15-38(25)27(36-24)30-7-9-31(18-30,10-8-30)37-28(40)32(11-12-32)29(41)42/h2-11,16-19H,12-15,20-21H2,1H3,(H2,35,37)(H,39,42);2-9,14-18H,10-13,19-20H2,1H3,(H2,34,37)(H,39,42);2-6,13-16H,7-12,17-18H2,1H3,(H2,33,35)(H,37,40)(H,41,42). The molecule has 10 aromatic heterocycles. The molecule has 21 rings (SSSR count). The highest BCUT2D eigenvalue weighted by molar-refractivity contribution is 6.05. The number of fused-ring (bicyclic) bond motifs is 9. The number of pyridine rings is 4. The number of amides is 3. The second kappa shape index (κ2) is 31.8. The van der Waals surface area contributed by atoms with Crippen LogP contribution in [0, 0.1) is 26.2 Å². The number of nitrogens with one attached hydrogen (secondary N) is 3.